The fourth-order valence-electron chi connectivity index (χ4n) is 3.53. The van der Waals surface area contributed by atoms with Crippen LogP contribution in [0, 0.1) is 0 Å². The van der Waals surface area contributed by atoms with Gasteiger partial charge in [-0.15, -0.1) is 0 Å². The monoisotopic (exact) mass is 486 g/mol. The van der Waals surface area contributed by atoms with Crippen molar-refractivity contribution < 1.29 is 38.1 Å². The molecule has 196 valence electrons. The van der Waals surface area contributed by atoms with Gasteiger partial charge in [0.1, 0.15) is 17.7 Å². The van der Waals surface area contributed by atoms with Crippen molar-refractivity contribution in [1.82, 2.24) is 10.2 Å². The third-order valence-corrected chi connectivity index (χ3v) is 4.93. The smallest absolute Gasteiger partial charge is 0.408 e. The largest absolute Gasteiger partial charge is 0.469 e. The van der Waals surface area contributed by atoms with E-state index in [9.17, 15) is 19.2 Å². The minimum atomic E-state index is -1.09. The van der Waals surface area contributed by atoms with Gasteiger partial charge in [-0.05, 0) is 54.4 Å². The molecule has 0 aliphatic carbocycles. The van der Waals surface area contributed by atoms with Gasteiger partial charge < -0.3 is 29.2 Å². The first-order valence-electron chi connectivity index (χ1n) is 11.9. The molecule has 1 heterocycles. The molecule has 1 N–H and O–H groups in total. The summed E-state index contributed by atoms with van der Waals surface area (Å²) < 4.78 is 21.4. The Balaban J connectivity index is 3.11. The Kier molecular flexibility index (Phi) is 11.3. The third kappa shape index (κ3) is 10.7. The molecule has 10 nitrogen and oxygen atoms in total. The molecule has 0 unspecified atom stereocenters. The number of hydrogen-bond acceptors (Lipinski definition) is 8. The summed E-state index contributed by atoms with van der Waals surface area (Å²) in [6, 6.07) is -1.94. The highest BCUT2D eigenvalue weighted by Gasteiger charge is 2.44. The van der Waals surface area contributed by atoms with Crippen molar-refractivity contribution in [2.45, 2.75) is 110 Å². The fourth-order valence-corrected chi connectivity index (χ4v) is 3.53. The molecule has 1 aliphatic rings. The zero-order valence-corrected chi connectivity index (χ0v) is 21.9. The van der Waals surface area contributed by atoms with E-state index in [-0.39, 0.29) is 38.5 Å². The van der Waals surface area contributed by atoms with E-state index in [1.165, 1.54) is 12.0 Å². The summed E-state index contributed by atoms with van der Waals surface area (Å²) in [5, 5.41) is 2.55. The molecule has 1 fully saturated rings. The Morgan fingerprint density at radius 3 is 2.24 bits per heavy atom. The lowest BCUT2D eigenvalue weighted by atomic mass is 10.1. The lowest BCUT2D eigenvalue weighted by molar-refractivity contribution is -0.154. The van der Waals surface area contributed by atoms with E-state index in [0.717, 1.165) is 12.8 Å². The summed E-state index contributed by atoms with van der Waals surface area (Å²) in [6.07, 6.45) is 0.592. The second-order valence-electron chi connectivity index (χ2n) is 10.4. The lowest BCUT2D eigenvalue weighted by Crippen LogP contribution is -2.53. The Bertz CT molecular complexity index is 711. The Labute approximate surface area is 203 Å². The SMILES string of the molecule is CCCCOC(=O)[C@@H]1C[C@@H](OC(C)(C)C)CN1C(=O)[C@H](CCC(=O)OC)NC(=O)OC(C)(C)C. The van der Waals surface area contributed by atoms with Gasteiger partial charge in [0.15, 0.2) is 0 Å². The molecular weight excluding hydrogens is 444 g/mol. The minimum absolute atomic E-state index is 0.0103. The number of nitrogens with one attached hydrogen (secondary N) is 1. The van der Waals surface area contributed by atoms with E-state index in [1.54, 1.807) is 20.8 Å². The van der Waals surface area contributed by atoms with Gasteiger partial charge in [0.25, 0.3) is 0 Å². The molecule has 0 radical (unpaired) electrons. The van der Waals surface area contributed by atoms with Crippen LogP contribution in [0.25, 0.3) is 0 Å². The van der Waals surface area contributed by atoms with E-state index in [0.29, 0.717) is 0 Å². The fraction of sp³-hybridized carbons (Fsp3) is 0.833. The number of hydrogen-bond donors (Lipinski definition) is 1. The summed E-state index contributed by atoms with van der Waals surface area (Å²) in [5.74, 6) is -1.53. The number of methoxy groups -OCH3 is 1. The van der Waals surface area contributed by atoms with E-state index in [2.05, 4.69) is 10.1 Å². The zero-order valence-electron chi connectivity index (χ0n) is 21.9. The molecule has 1 saturated heterocycles. The summed E-state index contributed by atoms with van der Waals surface area (Å²) in [4.78, 5) is 51.9. The van der Waals surface area contributed by atoms with Crippen molar-refractivity contribution >= 4 is 23.9 Å². The number of esters is 2. The maximum atomic E-state index is 13.5. The van der Waals surface area contributed by atoms with Gasteiger partial charge >= 0.3 is 18.0 Å². The predicted octanol–water partition coefficient (Wildman–Crippen LogP) is 2.96. The maximum Gasteiger partial charge on any atom is 0.408 e. The van der Waals surface area contributed by atoms with E-state index in [4.69, 9.17) is 14.2 Å². The van der Waals surface area contributed by atoms with Crippen LogP contribution < -0.4 is 5.32 Å². The zero-order chi connectivity index (χ0) is 26.1. The highest BCUT2D eigenvalue weighted by molar-refractivity contribution is 5.90. The van der Waals surface area contributed by atoms with Gasteiger partial charge in [0, 0.05) is 19.4 Å². The van der Waals surface area contributed by atoms with Crippen molar-refractivity contribution in [3.8, 4) is 0 Å². The lowest BCUT2D eigenvalue weighted by Gasteiger charge is -2.29. The molecule has 0 aromatic rings. The van der Waals surface area contributed by atoms with Crippen LogP contribution in [-0.4, -0.2) is 78.5 Å². The van der Waals surface area contributed by atoms with Crippen molar-refractivity contribution in [3.05, 3.63) is 0 Å². The minimum Gasteiger partial charge on any atom is -0.469 e. The summed E-state index contributed by atoms with van der Waals surface area (Å²) in [5.41, 5.74) is -1.25. The van der Waals surface area contributed by atoms with Crippen molar-refractivity contribution in [1.29, 1.82) is 0 Å². The number of rotatable bonds is 10. The molecule has 34 heavy (non-hydrogen) atoms. The number of carbonyl (C=O) groups is 4. The highest BCUT2D eigenvalue weighted by atomic mass is 16.6. The maximum absolute atomic E-state index is 13.5. The van der Waals surface area contributed by atoms with Crippen LogP contribution in [0.5, 0.6) is 0 Å². The van der Waals surface area contributed by atoms with Gasteiger partial charge in [-0.1, -0.05) is 13.3 Å². The molecule has 1 aliphatic heterocycles. The summed E-state index contributed by atoms with van der Waals surface area (Å²) in [7, 11) is 1.25. The van der Waals surface area contributed by atoms with Gasteiger partial charge in [-0.3, -0.25) is 9.59 Å². The quantitative estimate of drug-likeness (QED) is 0.284. The molecule has 0 aromatic carbocycles. The van der Waals surface area contributed by atoms with Crippen molar-refractivity contribution in [2.75, 3.05) is 20.3 Å². The van der Waals surface area contributed by atoms with E-state index < -0.39 is 47.2 Å². The highest BCUT2D eigenvalue weighted by Crippen LogP contribution is 2.27. The topological polar surface area (TPSA) is 120 Å². The van der Waals surface area contributed by atoms with Crippen LogP contribution in [0.2, 0.25) is 0 Å². The number of likely N-dealkylation sites (tertiary alicyclic amines) is 1. The molecule has 3 atom stereocenters. The van der Waals surface area contributed by atoms with Crippen LogP contribution in [0.4, 0.5) is 4.79 Å². The van der Waals surface area contributed by atoms with E-state index in [1.807, 2.05) is 27.7 Å². The van der Waals surface area contributed by atoms with Crippen LogP contribution in [0.15, 0.2) is 0 Å². The van der Waals surface area contributed by atoms with Gasteiger partial charge in [0.05, 0.1) is 25.4 Å². The van der Waals surface area contributed by atoms with E-state index >= 15 is 0 Å². The predicted molar refractivity (Wildman–Crippen MR) is 125 cm³/mol. The number of unbranched alkanes of at least 4 members (excludes halogenated alkanes) is 1. The molecule has 0 spiro atoms. The number of nitrogens with zero attached hydrogens (tertiary/aromatic N) is 1. The van der Waals surface area contributed by atoms with Crippen molar-refractivity contribution in [3.63, 3.8) is 0 Å². The second-order valence-corrected chi connectivity index (χ2v) is 10.4. The van der Waals surface area contributed by atoms with Gasteiger partial charge in [0.2, 0.25) is 5.91 Å². The van der Waals surface area contributed by atoms with Gasteiger partial charge in [-0.2, -0.15) is 0 Å². The Hall–Kier alpha value is -2.36. The molecule has 10 heteroatoms. The standard InChI is InChI=1S/C24H42N2O8/c1-9-10-13-32-21(29)18-14-16(33-23(2,3)4)15-26(18)20(28)17(11-12-19(27)31-8)25-22(30)34-24(5,6)7/h16-18H,9-15H2,1-8H3,(H,25,30)/t16-,17+,18+/m1/s1. The molecule has 0 aromatic heterocycles. The average molecular weight is 487 g/mol. The molecular formula is C24H42N2O8. The van der Waals surface area contributed by atoms with Crippen LogP contribution >= 0.6 is 0 Å². The summed E-state index contributed by atoms with van der Waals surface area (Å²) in [6.45, 7) is 13.2. The molecule has 0 saturated carbocycles. The Morgan fingerprint density at radius 1 is 1.06 bits per heavy atom. The first-order chi connectivity index (χ1) is 15.7. The number of alkyl carbamates (subject to hydrolysis) is 1. The number of ether oxygens (including phenoxy) is 4. The average Bonchev–Trinajstić information content (AvgIpc) is 3.11. The van der Waals surface area contributed by atoms with Crippen LogP contribution in [0.3, 0.4) is 0 Å². The van der Waals surface area contributed by atoms with Crippen molar-refractivity contribution in [2.24, 2.45) is 0 Å². The normalized spacial score (nSPS) is 19.4. The molecule has 2 amide bonds. The Morgan fingerprint density at radius 2 is 1.71 bits per heavy atom. The van der Waals surface area contributed by atoms with Gasteiger partial charge in [-0.25, -0.2) is 9.59 Å². The van der Waals surface area contributed by atoms with Crippen LogP contribution in [0.1, 0.15) is 80.6 Å². The summed E-state index contributed by atoms with van der Waals surface area (Å²) >= 11 is 0. The second kappa shape index (κ2) is 12.9. The number of carbonyl (C=O) groups excluding carboxylic acids is 4. The van der Waals surface area contributed by atoms with Crippen LogP contribution in [-0.2, 0) is 33.3 Å². The third-order valence-electron chi connectivity index (χ3n) is 4.93. The molecule has 1 rings (SSSR count). The first kappa shape index (κ1) is 29.7. The number of amides is 2. The molecule has 0 bridgehead atoms. The first-order valence-corrected chi connectivity index (χ1v) is 11.9.